The van der Waals surface area contributed by atoms with E-state index in [1.165, 1.54) is 0 Å². The molecule has 0 aromatic carbocycles. The van der Waals surface area contributed by atoms with E-state index in [4.69, 9.17) is 0 Å². The maximum atomic E-state index is 12.0. The van der Waals surface area contributed by atoms with Gasteiger partial charge in [0.25, 0.3) is 0 Å². The van der Waals surface area contributed by atoms with Crippen LogP contribution in [0.1, 0.15) is 39.5 Å². The van der Waals surface area contributed by atoms with Crippen LogP contribution < -0.4 is 0 Å². The Morgan fingerprint density at radius 2 is 1.82 bits per heavy atom. The first-order valence-corrected chi connectivity index (χ1v) is 7.68. The van der Waals surface area contributed by atoms with Crippen molar-refractivity contribution in [3.63, 3.8) is 0 Å². The Bertz CT molecular complexity index is 466. The molecule has 0 aliphatic heterocycles. The van der Waals surface area contributed by atoms with E-state index in [-0.39, 0.29) is 17.6 Å². The Kier molecular flexibility index (Phi) is 10.6. The maximum Gasteiger partial charge on any atom is 0.158 e. The van der Waals surface area contributed by atoms with Crippen molar-refractivity contribution in [2.75, 3.05) is 0 Å². The first kappa shape index (κ1) is 20.0. The zero-order valence-electron chi connectivity index (χ0n) is 13.9. The first-order chi connectivity index (χ1) is 10.4. The highest BCUT2D eigenvalue weighted by atomic mass is 16.1. The molecule has 0 spiro atoms. The van der Waals surface area contributed by atoms with Gasteiger partial charge in [0.2, 0.25) is 0 Å². The van der Waals surface area contributed by atoms with Crippen molar-refractivity contribution in [2.24, 2.45) is 11.8 Å². The summed E-state index contributed by atoms with van der Waals surface area (Å²) in [7, 11) is 0. The van der Waals surface area contributed by atoms with Crippen LogP contribution in [0.3, 0.4) is 0 Å². The van der Waals surface area contributed by atoms with Crippen molar-refractivity contribution in [1.82, 2.24) is 0 Å². The van der Waals surface area contributed by atoms with Crippen LogP contribution in [0.5, 0.6) is 0 Å². The minimum Gasteiger partial charge on any atom is -0.303 e. The van der Waals surface area contributed by atoms with Crippen molar-refractivity contribution < 1.29 is 9.59 Å². The maximum absolute atomic E-state index is 12.0. The molecule has 0 aliphatic carbocycles. The second-order valence-electron chi connectivity index (χ2n) is 5.71. The molecule has 0 N–H and O–H groups in total. The lowest BCUT2D eigenvalue weighted by atomic mass is 9.86. The summed E-state index contributed by atoms with van der Waals surface area (Å²) in [5, 5.41) is 0. The molecule has 120 valence electrons. The van der Waals surface area contributed by atoms with Crippen LogP contribution in [0, 0.1) is 11.8 Å². The molecular formula is C20H28O2. The molecule has 0 rings (SSSR count). The molecule has 0 radical (unpaired) electrons. The minimum atomic E-state index is -0.0462. The SMILES string of the molecule is C=CC/C=C/C=C/C(=O)[C@H](C)C[C@H](C)C(=C)CC(=C)CC=O. The van der Waals surface area contributed by atoms with E-state index in [9.17, 15) is 9.59 Å². The number of hydrogen-bond donors (Lipinski definition) is 0. The normalized spacial score (nSPS) is 13.9. The summed E-state index contributed by atoms with van der Waals surface area (Å²) in [5.41, 5.74) is 1.90. The lowest BCUT2D eigenvalue weighted by Gasteiger charge is -2.18. The van der Waals surface area contributed by atoms with Crippen molar-refractivity contribution >= 4 is 12.1 Å². The number of ketones is 1. The number of allylic oxidation sites excluding steroid dienone is 7. The predicted octanol–water partition coefficient (Wildman–Crippen LogP) is 5.00. The van der Waals surface area contributed by atoms with Crippen LogP contribution in [0.15, 0.2) is 61.3 Å². The molecule has 2 heteroatoms. The van der Waals surface area contributed by atoms with Crippen LogP contribution in [0.4, 0.5) is 0 Å². The van der Waals surface area contributed by atoms with Gasteiger partial charge in [-0.15, -0.1) is 6.58 Å². The number of carbonyl (C=O) groups excluding carboxylic acids is 2. The van der Waals surface area contributed by atoms with Gasteiger partial charge >= 0.3 is 0 Å². The van der Waals surface area contributed by atoms with Gasteiger partial charge in [-0.3, -0.25) is 4.79 Å². The summed E-state index contributed by atoms with van der Waals surface area (Å²) in [4.78, 5) is 22.5. The second-order valence-corrected chi connectivity index (χ2v) is 5.71. The zero-order chi connectivity index (χ0) is 17.0. The Hall–Kier alpha value is -1.96. The fourth-order valence-corrected chi connectivity index (χ4v) is 2.07. The first-order valence-electron chi connectivity index (χ1n) is 7.68. The molecule has 2 nitrogen and oxygen atoms in total. The van der Waals surface area contributed by atoms with Crippen molar-refractivity contribution in [3.8, 4) is 0 Å². The van der Waals surface area contributed by atoms with Gasteiger partial charge in [0, 0.05) is 12.3 Å². The van der Waals surface area contributed by atoms with E-state index in [0.29, 0.717) is 12.8 Å². The molecule has 0 bridgehead atoms. The van der Waals surface area contributed by atoms with Crippen LogP contribution in [-0.4, -0.2) is 12.1 Å². The number of carbonyl (C=O) groups is 2. The average molecular weight is 300 g/mol. The summed E-state index contributed by atoms with van der Waals surface area (Å²) >= 11 is 0. The van der Waals surface area contributed by atoms with E-state index >= 15 is 0 Å². The van der Waals surface area contributed by atoms with Gasteiger partial charge in [0.15, 0.2) is 5.78 Å². The summed E-state index contributed by atoms with van der Waals surface area (Å²) < 4.78 is 0. The molecule has 2 atom stereocenters. The molecule has 22 heavy (non-hydrogen) atoms. The molecule has 0 saturated carbocycles. The average Bonchev–Trinajstić information content (AvgIpc) is 2.46. The van der Waals surface area contributed by atoms with Crippen molar-refractivity contribution in [3.05, 3.63) is 61.3 Å². The van der Waals surface area contributed by atoms with Gasteiger partial charge in [-0.25, -0.2) is 0 Å². The summed E-state index contributed by atoms with van der Waals surface area (Å²) in [6.07, 6.45) is 12.4. The molecule has 0 heterocycles. The van der Waals surface area contributed by atoms with Crippen molar-refractivity contribution in [2.45, 2.75) is 39.5 Å². The van der Waals surface area contributed by atoms with Gasteiger partial charge in [0.05, 0.1) is 0 Å². The lowest BCUT2D eigenvalue weighted by Crippen LogP contribution is -2.13. The van der Waals surface area contributed by atoms with E-state index < -0.39 is 0 Å². The monoisotopic (exact) mass is 300 g/mol. The zero-order valence-corrected chi connectivity index (χ0v) is 13.9. The largest absolute Gasteiger partial charge is 0.303 e. The summed E-state index contributed by atoms with van der Waals surface area (Å²) in [5.74, 6) is 0.303. The molecule has 0 fully saturated rings. The highest BCUT2D eigenvalue weighted by Gasteiger charge is 2.16. The third-order valence-corrected chi connectivity index (χ3v) is 3.55. The van der Waals surface area contributed by atoms with Gasteiger partial charge < -0.3 is 4.79 Å². The third kappa shape index (κ3) is 9.06. The molecule has 0 aromatic rings. The topological polar surface area (TPSA) is 34.1 Å². The Balaban J connectivity index is 4.32. The predicted molar refractivity (Wildman–Crippen MR) is 94.6 cm³/mol. The third-order valence-electron chi connectivity index (χ3n) is 3.55. The van der Waals surface area contributed by atoms with Crippen LogP contribution in [0.25, 0.3) is 0 Å². The number of rotatable bonds is 12. The van der Waals surface area contributed by atoms with Gasteiger partial charge in [-0.1, -0.05) is 62.5 Å². The van der Waals surface area contributed by atoms with Gasteiger partial charge in [-0.2, -0.15) is 0 Å². The number of hydrogen-bond acceptors (Lipinski definition) is 2. The fourth-order valence-electron chi connectivity index (χ4n) is 2.07. The molecule has 0 amide bonds. The molecule has 0 aliphatic rings. The van der Waals surface area contributed by atoms with Crippen molar-refractivity contribution in [1.29, 1.82) is 0 Å². The van der Waals surface area contributed by atoms with E-state index in [2.05, 4.69) is 26.7 Å². The highest BCUT2D eigenvalue weighted by molar-refractivity contribution is 5.91. The van der Waals surface area contributed by atoms with E-state index in [1.807, 2.05) is 19.1 Å². The fraction of sp³-hybridized carbons (Fsp3) is 0.400. The molecule has 0 unspecified atom stereocenters. The summed E-state index contributed by atoms with van der Waals surface area (Å²) in [6, 6.07) is 0. The minimum absolute atomic E-state index is 0.0462. The van der Waals surface area contributed by atoms with Crippen LogP contribution >= 0.6 is 0 Å². The second kappa shape index (κ2) is 11.7. The molecule has 0 aromatic heterocycles. The van der Waals surface area contributed by atoms with Crippen LogP contribution in [0.2, 0.25) is 0 Å². The van der Waals surface area contributed by atoms with Crippen LogP contribution in [-0.2, 0) is 9.59 Å². The Morgan fingerprint density at radius 1 is 1.14 bits per heavy atom. The smallest absolute Gasteiger partial charge is 0.158 e. The van der Waals surface area contributed by atoms with E-state index in [0.717, 1.165) is 30.3 Å². The lowest BCUT2D eigenvalue weighted by molar-refractivity contribution is -0.118. The van der Waals surface area contributed by atoms with Gasteiger partial charge in [-0.05, 0) is 31.3 Å². The standard InChI is InChI=1S/C20H28O2/c1-6-7-8-9-10-11-20(22)19(5)15-18(4)17(3)14-16(2)12-13-21/h6,8-11,13,18-19H,1-3,7,12,14-15H2,4-5H3/b9-8+,11-10+/t18-,19+/m0/s1. The highest BCUT2D eigenvalue weighted by Crippen LogP contribution is 2.24. The molecular weight excluding hydrogens is 272 g/mol. The Morgan fingerprint density at radius 3 is 2.41 bits per heavy atom. The van der Waals surface area contributed by atoms with E-state index in [1.54, 1.807) is 18.2 Å². The number of aldehydes is 1. The molecule has 0 saturated heterocycles. The quantitative estimate of drug-likeness (QED) is 0.220. The summed E-state index contributed by atoms with van der Waals surface area (Å²) in [6.45, 7) is 15.5. The van der Waals surface area contributed by atoms with Gasteiger partial charge in [0.1, 0.15) is 6.29 Å². The Labute approximate surface area is 135 Å².